The molecule has 3 unspecified atom stereocenters. The summed E-state index contributed by atoms with van der Waals surface area (Å²) >= 11 is 0. The number of nitrogens with one attached hydrogen (secondary N) is 1. The average molecular weight is 367 g/mol. The highest BCUT2D eigenvalue weighted by Gasteiger charge is 2.41. The second-order valence-electron chi connectivity index (χ2n) is 8.72. The molecule has 2 rings (SSSR count). The topological polar surface area (TPSA) is 52.6 Å². The minimum Gasteiger partial charge on any atom is -0.376 e. The van der Waals surface area contributed by atoms with E-state index < -0.39 is 12.4 Å². The van der Waals surface area contributed by atoms with Gasteiger partial charge in [0.15, 0.2) is 0 Å². The molecule has 2 aliphatic rings. The fraction of sp³-hybridized carbons (Fsp3) is 0.762. The van der Waals surface area contributed by atoms with E-state index in [1.807, 2.05) is 32.9 Å². The molecule has 0 aromatic rings. The number of nitrogens with zero attached hydrogens (tertiary/aromatic N) is 1. The minimum atomic E-state index is -0.863. The maximum atomic E-state index is 13.4. The zero-order chi connectivity index (χ0) is 19.5. The lowest BCUT2D eigenvalue weighted by atomic mass is 9.69. The second-order valence-corrected chi connectivity index (χ2v) is 8.72. The summed E-state index contributed by atoms with van der Waals surface area (Å²) in [4.78, 5) is 13.9. The van der Waals surface area contributed by atoms with E-state index >= 15 is 0 Å². The first-order chi connectivity index (χ1) is 12.2. The molecule has 0 saturated carbocycles. The van der Waals surface area contributed by atoms with Crippen LogP contribution < -0.4 is 5.32 Å². The average Bonchev–Trinajstić information content (AvgIpc) is 2.58. The Balaban J connectivity index is 2.07. The van der Waals surface area contributed by atoms with Crippen molar-refractivity contribution in [1.82, 2.24) is 10.2 Å². The molecule has 0 aromatic carbocycles. The fourth-order valence-electron chi connectivity index (χ4n) is 4.21. The molecule has 2 N–H and O–H groups in total. The molecular formula is C21H35FN2O2. The van der Waals surface area contributed by atoms with Crippen LogP contribution in [0.15, 0.2) is 23.8 Å². The summed E-state index contributed by atoms with van der Waals surface area (Å²) in [6.45, 7) is 11.8. The molecule has 0 radical (unpaired) electrons. The number of amides is 1. The highest BCUT2D eigenvalue weighted by atomic mass is 19.1. The van der Waals surface area contributed by atoms with Gasteiger partial charge in [-0.05, 0) is 29.2 Å². The molecule has 4 atom stereocenters. The zero-order valence-electron chi connectivity index (χ0n) is 16.8. The molecular weight excluding hydrogens is 331 g/mol. The number of piperidine rings is 1. The van der Waals surface area contributed by atoms with Crippen LogP contribution in [0, 0.1) is 17.3 Å². The summed E-state index contributed by atoms with van der Waals surface area (Å²) in [7, 11) is 0. The number of likely N-dealkylation sites (tertiary alicyclic amines) is 1. The van der Waals surface area contributed by atoms with Gasteiger partial charge in [-0.25, -0.2) is 4.39 Å². The Morgan fingerprint density at radius 3 is 2.65 bits per heavy atom. The quantitative estimate of drug-likeness (QED) is 0.757. The number of carbonyl (C=O) groups is 1. The third-order valence-corrected chi connectivity index (χ3v) is 5.80. The Morgan fingerprint density at radius 2 is 2.15 bits per heavy atom. The summed E-state index contributed by atoms with van der Waals surface area (Å²) < 4.78 is 13.4. The largest absolute Gasteiger partial charge is 0.376 e. The van der Waals surface area contributed by atoms with Crippen molar-refractivity contribution in [3.63, 3.8) is 0 Å². The van der Waals surface area contributed by atoms with Crippen LogP contribution in [0.1, 0.15) is 53.9 Å². The van der Waals surface area contributed by atoms with E-state index in [-0.39, 0.29) is 23.3 Å². The maximum absolute atomic E-state index is 13.4. The Kier molecular flexibility index (Phi) is 7.03. The first kappa shape index (κ1) is 21.1. The lowest BCUT2D eigenvalue weighted by molar-refractivity contribution is -0.126. The van der Waals surface area contributed by atoms with E-state index in [9.17, 15) is 14.3 Å². The van der Waals surface area contributed by atoms with Gasteiger partial charge in [-0.2, -0.15) is 0 Å². The Bertz CT molecular complexity index is 556. The summed E-state index contributed by atoms with van der Waals surface area (Å²) in [5, 5.41) is 13.9. The molecule has 1 saturated heterocycles. The number of aliphatic hydroxyl groups excluding tert-OH is 1. The van der Waals surface area contributed by atoms with Crippen LogP contribution in [0.25, 0.3) is 0 Å². The standard InChI is InChI=1S/C21H35FN2O2/c1-6-18(25)23-19(14(2)3)20(26)24-12-11-17(21(4,5)13-24)15-7-9-16(22)10-8-15/h7-9,14,16-17,19-20,26H,6,10-13H2,1-5H3,(H,23,25)/t16?,17?,19-,20?/m1/s1. The molecule has 1 heterocycles. The lowest BCUT2D eigenvalue weighted by Gasteiger charge is -2.48. The van der Waals surface area contributed by atoms with Crippen molar-refractivity contribution in [2.24, 2.45) is 17.3 Å². The third-order valence-electron chi connectivity index (χ3n) is 5.80. The Hall–Kier alpha value is -1.20. The van der Waals surface area contributed by atoms with Crippen LogP contribution in [0.5, 0.6) is 0 Å². The molecule has 148 valence electrons. The van der Waals surface area contributed by atoms with Crippen molar-refractivity contribution >= 4 is 5.91 Å². The molecule has 0 spiro atoms. The van der Waals surface area contributed by atoms with Crippen LogP contribution in [0.2, 0.25) is 0 Å². The summed E-state index contributed by atoms with van der Waals surface area (Å²) in [6.07, 6.45) is 5.86. The van der Waals surface area contributed by atoms with E-state index in [4.69, 9.17) is 0 Å². The second kappa shape index (κ2) is 8.66. The van der Waals surface area contributed by atoms with E-state index in [1.54, 1.807) is 6.08 Å². The number of hydrogen-bond acceptors (Lipinski definition) is 3. The van der Waals surface area contributed by atoms with Crippen LogP contribution in [-0.2, 0) is 4.79 Å². The van der Waals surface area contributed by atoms with Gasteiger partial charge in [0.25, 0.3) is 0 Å². The summed E-state index contributed by atoms with van der Waals surface area (Å²) in [5.74, 6) is 0.472. The number of aliphatic hydroxyl groups is 1. The minimum absolute atomic E-state index is 0.0322. The number of hydrogen-bond donors (Lipinski definition) is 2. The van der Waals surface area contributed by atoms with E-state index in [0.29, 0.717) is 18.8 Å². The van der Waals surface area contributed by atoms with Crippen LogP contribution >= 0.6 is 0 Å². The number of carbonyl (C=O) groups excluding carboxylic acids is 1. The summed E-state index contributed by atoms with van der Waals surface area (Å²) in [5.41, 5.74) is 1.19. The van der Waals surface area contributed by atoms with E-state index in [1.165, 1.54) is 5.57 Å². The van der Waals surface area contributed by atoms with Crippen molar-refractivity contribution in [3.8, 4) is 0 Å². The highest BCUT2D eigenvalue weighted by Crippen LogP contribution is 2.41. The van der Waals surface area contributed by atoms with Gasteiger partial charge in [-0.15, -0.1) is 0 Å². The predicted molar refractivity (Wildman–Crippen MR) is 103 cm³/mol. The monoisotopic (exact) mass is 366 g/mol. The van der Waals surface area contributed by atoms with Crippen LogP contribution in [0.4, 0.5) is 4.39 Å². The molecule has 5 heteroatoms. The number of halogens is 1. The van der Waals surface area contributed by atoms with Gasteiger partial charge >= 0.3 is 0 Å². The third kappa shape index (κ3) is 4.95. The normalized spacial score (nSPS) is 28.5. The van der Waals surface area contributed by atoms with Crippen molar-refractivity contribution in [3.05, 3.63) is 23.8 Å². The van der Waals surface area contributed by atoms with E-state index in [0.717, 1.165) is 19.5 Å². The van der Waals surface area contributed by atoms with Gasteiger partial charge in [0.1, 0.15) is 12.4 Å². The van der Waals surface area contributed by atoms with Gasteiger partial charge < -0.3 is 10.4 Å². The first-order valence-electron chi connectivity index (χ1n) is 9.89. The van der Waals surface area contributed by atoms with Crippen molar-refractivity contribution in [2.75, 3.05) is 13.1 Å². The lowest BCUT2D eigenvalue weighted by Crippen LogP contribution is -2.58. The molecule has 1 aliphatic carbocycles. The number of rotatable bonds is 6. The van der Waals surface area contributed by atoms with Gasteiger partial charge in [-0.1, -0.05) is 52.8 Å². The van der Waals surface area contributed by atoms with Gasteiger partial charge in [0.05, 0.1) is 6.04 Å². The van der Waals surface area contributed by atoms with Crippen molar-refractivity contribution in [2.45, 2.75) is 72.3 Å². The molecule has 4 nitrogen and oxygen atoms in total. The highest BCUT2D eigenvalue weighted by molar-refractivity contribution is 5.75. The Morgan fingerprint density at radius 1 is 1.46 bits per heavy atom. The maximum Gasteiger partial charge on any atom is 0.220 e. The Labute approximate surface area is 157 Å². The predicted octanol–water partition coefficient (Wildman–Crippen LogP) is 3.43. The molecule has 0 aromatic heterocycles. The molecule has 1 amide bonds. The van der Waals surface area contributed by atoms with Crippen molar-refractivity contribution < 1.29 is 14.3 Å². The van der Waals surface area contributed by atoms with Crippen LogP contribution in [-0.4, -0.2) is 47.4 Å². The smallest absolute Gasteiger partial charge is 0.220 e. The zero-order valence-corrected chi connectivity index (χ0v) is 16.8. The molecule has 26 heavy (non-hydrogen) atoms. The van der Waals surface area contributed by atoms with Crippen LogP contribution in [0.3, 0.4) is 0 Å². The SMILES string of the molecule is CCC(=O)N[C@H](C(C)C)C(O)N1CCC(C2=CCC(F)C=C2)C(C)(C)C1. The van der Waals surface area contributed by atoms with Gasteiger partial charge in [0.2, 0.25) is 5.91 Å². The summed E-state index contributed by atoms with van der Waals surface area (Å²) in [6, 6.07) is -0.282. The van der Waals surface area contributed by atoms with Gasteiger partial charge in [0, 0.05) is 25.9 Å². The molecule has 0 bridgehead atoms. The molecule has 1 aliphatic heterocycles. The molecule has 1 fully saturated rings. The van der Waals surface area contributed by atoms with Gasteiger partial charge in [-0.3, -0.25) is 9.69 Å². The number of alkyl halides is 1. The first-order valence-corrected chi connectivity index (χ1v) is 9.89. The number of allylic oxidation sites excluding steroid dienone is 4. The van der Waals surface area contributed by atoms with E-state index in [2.05, 4.69) is 24.1 Å². The van der Waals surface area contributed by atoms with Crippen molar-refractivity contribution in [1.29, 1.82) is 0 Å². The fourth-order valence-corrected chi connectivity index (χ4v) is 4.21.